The lowest BCUT2D eigenvalue weighted by Crippen LogP contribution is -2.32. The van der Waals surface area contributed by atoms with E-state index in [9.17, 15) is 14.4 Å². The molecule has 1 aliphatic rings. The van der Waals surface area contributed by atoms with Crippen LogP contribution >= 0.6 is 0 Å². The number of imide groups is 1. The topological polar surface area (TPSA) is 75.7 Å². The number of esters is 1. The highest BCUT2D eigenvalue weighted by atomic mass is 16.5. The number of rotatable bonds is 6. The van der Waals surface area contributed by atoms with Crippen molar-refractivity contribution in [3.63, 3.8) is 0 Å². The summed E-state index contributed by atoms with van der Waals surface area (Å²) in [4.78, 5) is 35.8. The van der Waals surface area contributed by atoms with Gasteiger partial charge in [0, 0.05) is 13.0 Å². The molecule has 0 bridgehead atoms. The fourth-order valence-electron chi connectivity index (χ4n) is 2.71. The second-order valence-electron chi connectivity index (χ2n) is 5.61. The van der Waals surface area contributed by atoms with E-state index in [1.54, 1.807) is 0 Å². The molecule has 1 aliphatic heterocycles. The standard InChI is InChI=1S/C18H18N2O4/c21-16-11-19-18(23)20(16)10-4-9-17(22)24-12-14-7-3-6-13-5-1-2-8-15(13)14/h1-3,5-8H,4,9-12H2,(H,19,23). The van der Waals surface area contributed by atoms with Crippen molar-refractivity contribution < 1.29 is 19.1 Å². The van der Waals surface area contributed by atoms with Crippen LogP contribution in [0.5, 0.6) is 0 Å². The Balaban J connectivity index is 1.49. The average Bonchev–Trinajstić information content (AvgIpc) is 2.92. The van der Waals surface area contributed by atoms with Crippen LogP contribution in [0.15, 0.2) is 42.5 Å². The van der Waals surface area contributed by atoms with Crippen LogP contribution in [0.1, 0.15) is 18.4 Å². The lowest BCUT2D eigenvalue weighted by atomic mass is 10.1. The lowest BCUT2D eigenvalue weighted by molar-refractivity contribution is -0.145. The van der Waals surface area contributed by atoms with E-state index in [0.29, 0.717) is 6.42 Å². The van der Waals surface area contributed by atoms with Crippen molar-refractivity contribution in [2.45, 2.75) is 19.4 Å². The van der Waals surface area contributed by atoms with Crippen LogP contribution in [0.4, 0.5) is 4.79 Å². The molecule has 6 heteroatoms. The summed E-state index contributed by atoms with van der Waals surface area (Å²) in [6.07, 6.45) is 0.565. The second-order valence-corrected chi connectivity index (χ2v) is 5.61. The monoisotopic (exact) mass is 326 g/mol. The van der Waals surface area contributed by atoms with Gasteiger partial charge in [0.25, 0.3) is 0 Å². The van der Waals surface area contributed by atoms with E-state index in [0.717, 1.165) is 21.2 Å². The largest absolute Gasteiger partial charge is 0.461 e. The van der Waals surface area contributed by atoms with E-state index in [1.165, 1.54) is 0 Å². The van der Waals surface area contributed by atoms with Gasteiger partial charge in [-0.05, 0) is 22.8 Å². The number of nitrogens with one attached hydrogen (secondary N) is 1. The summed E-state index contributed by atoms with van der Waals surface area (Å²) in [7, 11) is 0. The SMILES string of the molecule is O=C(CCCN1C(=O)CNC1=O)OCc1cccc2ccccc12. The molecule has 1 N–H and O–H groups in total. The molecule has 1 heterocycles. The first-order chi connectivity index (χ1) is 11.6. The highest BCUT2D eigenvalue weighted by molar-refractivity contribution is 6.01. The number of fused-ring (bicyclic) bond motifs is 1. The van der Waals surface area contributed by atoms with Gasteiger partial charge >= 0.3 is 12.0 Å². The first-order valence-corrected chi connectivity index (χ1v) is 7.85. The van der Waals surface area contributed by atoms with Gasteiger partial charge in [0.1, 0.15) is 6.61 Å². The number of carbonyl (C=O) groups excluding carboxylic acids is 3. The van der Waals surface area contributed by atoms with E-state index < -0.39 is 6.03 Å². The minimum atomic E-state index is -0.399. The van der Waals surface area contributed by atoms with Crippen molar-refractivity contribution in [2.24, 2.45) is 0 Å². The molecule has 6 nitrogen and oxygen atoms in total. The van der Waals surface area contributed by atoms with Gasteiger partial charge in [-0.1, -0.05) is 42.5 Å². The van der Waals surface area contributed by atoms with E-state index in [-0.39, 0.29) is 38.0 Å². The van der Waals surface area contributed by atoms with Crippen LogP contribution < -0.4 is 5.32 Å². The van der Waals surface area contributed by atoms with Crippen LogP contribution in [0.25, 0.3) is 10.8 Å². The van der Waals surface area contributed by atoms with Crippen LogP contribution in [0.2, 0.25) is 0 Å². The summed E-state index contributed by atoms with van der Waals surface area (Å²) in [5.41, 5.74) is 0.954. The summed E-state index contributed by atoms with van der Waals surface area (Å²) < 4.78 is 5.31. The van der Waals surface area contributed by atoms with Crippen molar-refractivity contribution in [1.29, 1.82) is 0 Å². The van der Waals surface area contributed by atoms with Crippen molar-refractivity contribution in [2.75, 3.05) is 13.1 Å². The zero-order valence-corrected chi connectivity index (χ0v) is 13.2. The summed E-state index contributed by atoms with van der Waals surface area (Å²) >= 11 is 0. The van der Waals surface area contributed by atoms with Crippen molar-refractivity contribution >= 4 is 28.7 Å². The molecule has 1 saturated heterocycles. The molecule has 3 amide bonds. The zero-order valence-electron chi connectivity index (χ0n) is 13.2. The van der Waals surface area contributed by atoms with Gasteiger partial charge in [0.2, 0.25) is 5.91 Å². The van der Waals surface area contributed by atoms with Crippen LogP contribution in [-0.4, -0.2) is 35.9 Å². The maximum Gasteiger partial charge on any atom is 0.324 e. The highest BCUT2D eigenvalue weighted by Crippen LogP contribution is 2.19. The molecule has 0 unspecified atom stereocenters. The van der Waals surface area contributed by atoms with Gasteiger partial charge in [-0.3, -0.25) is 14.5 Å². The van der Waals surface area contributed by atoms with E-state index in [4.69, 9.17) is 4.74 Å². The summed E-state index contributed by atoms with van der Waals surface area (Å²) in [5, 5.41) is 4.61. The second kappa shape index (κ2) is 7.12. The third kappa shape index (κ3) is 3.53. The summed E-state index contributed by atoms with van der Waals surface area (Å²) in [6, 6.07) is 13.4. The quantitative estimate of drug-likeness (QED) is 0.652. The number of urea groups is 1. The van der Waals surface area contributed by atoms with Gasteiger partial charge in [-0.25, -0.2) is 4.79 Å². The third-order valence-corrected chi connectivity index (χ3v) is 3.97. The Bertz CT molecular complexity index is 766. The van der Waals surface area contributed by atoms with Gasteiger partial charge in [0.15, 0.2) is 0 Å². The van der Waals surface area contributed by atoms with Crippen molar-refractivity contribution in [3.05, 3.63) is 48.0 Å². The molecule has 2 aromatic rings. The third-order valence-electron chi connectivity index (χ3n) is 3.97. The highest BCUT2D eigenvalue weighted by Gasteiger charge is 2.27. The van der Waals surface area contributed by atoms with Crippen molar-refractivity contribution in [3.8, 4) is 0 Å². The molecule has 0 atom stereocenters. The number of hydrogen-bond donors (Lipinski definition) is 1. The Morgan fingerprint density at radius 3 is 2.71 bits per heavy atom. The fourth-order valence-corrected chi connectivity index (χ4v) is 2.71. The van der Waals surface area contributed by atoms with E-state index >= 15 is 0 Å². The zero-order chi connectivity index (χ0) is 16.9. The Morgan fingerprint density at radius 1 is 1.12 bits per heavy atom. The van der Waals surface area contributed by atoms with Gasteiger partial charge in [-0.2, -0.15) is 0 Å². The minimum Gasteiger partial charge on any atom is -0.461 e. The predicted molar refractivity (Wildman–Crippen MR) is 88.1 cm³/mol. The van der Waals surface area contributed by atoms with Crippen molar-refractivity contribution in [1.82, 2.24) is 10.2 Å². The van der Waals surface area contributed by atoms with Crippen LogP contribution in [-0.2, 0) is 20.9 Å². The molecule has 1 fully saturated rings. The first kappa shape index (κ1) is 16.0. The van der Waals surface area contributed by atoms with Gasteiger partial charge in [-0.15, -0.1) is 0 Å². The summed E-state index contributed by atoms with van der Waals surface area (Å²) in [5.74, 6) is -0.598. The maximum absolute atomic E-state index is 11.9. The van der Waals surface area contributed by atoms with E-state index in [2.05, 4.69) is 5.32 Å². The summed E-state index contributed by atoms with van der Waals surface area (Å²) in [6.45, 7) is 0.474. The predicted octanol–water partition coefficient (Wildman–Crippen LogP) is 2.21. The number of hydrogen-bond acceptors (Lipinski definition) is 4. The first-order valence-electron chi connectivity index (χ1n) is 7.85. The van der Waals surface area contributed by atoms with E-state index in [1.807, 2.05) is 42.5 Å². The normalized spacial score (nSPS) is 14.1. The molecule has 0 radical (unpaired) electrons. The number of nitrogens with zero attached hydrogens (tertiary/aromatic N) is 1. The number of ether oxygens (including phenoxy) is 1. The number of benzene rings is 2. The Kier molecular flexibility index (Phi) is 4.74. The molecule has 2 aromatic carbocycles. The number of carbonyl (C=O) groups is 3. The number of amides is 3. The van der Waals surface area contributed by atoms with Gasteiger partial charge < -0.3 is 10.1 Å². The fraction of sp³-hybridized carbons (Fsp3) is 0.278. The molecule has 3 rings (SSSR count). The van der Waals surface area contributed by atoms with Crippen LogP contribution in [0, 0.1) is 0 Å². The minimum absolute atomic E-state index is 0.0321. The molecule has 124 valence electrons. The average molecular weight is 326 g/mol. The molecule has 0 aromatic heterocycles. The Hall–Kier alpha value is -2.89. The van der Waals surface area contributed by atoms with Crippen LogP contribution in [0.3, 0.4) is 0 Å². The van der Waals surface area contributed by atoms with Gasteiger partial charge in [0.05, 0.1) is 6.54 Å². The molecular formula is C18H18N2O4. The maximum atomic E-state index is 11.9. The Labute approximate surface area is 139 Å². The lowest BCUT2D eigenvalue weighted by Gasteiger charge is -2.12. The molecular weight excluding hydrogens is 308 g/mol. The smallest absolute Gasteiger partial charge is 0.324 e. The Morgan fingerprint density at radius 2 is 1.92 bits per heavy atom. The molecule has 24 heavy (non-hydrogen) atoms. The molecule has 0 spiro atoms. The molecule has 0 saturated carbocycles. The molecule has 0 aliphatic carbocycles.